The van der Waals surface area contributed by atoms with Crippen molar-refractivity contribution in [1.29, 1.82) is 0 Å². The van der Waals surface area contributed by atoms with Gasteiger partial charge in [-0.2, -0.15) is 0 Å². The van der Waals surface area contributed by atoms with Crippen molar-refractivity contribution in [2.24, 2.45) is 5.92 Å². The molecule has 2 aromatic carbocycles. The Balaban J connectivity index is 1.39. The van der Waals surface area contributed by atoms with Gasteiger partial charge in [-0.25, -0.2) is 0 Å². The highest BCUT2D eigenvalue weighted by Gasteiger charge is 2.25. The third-order valence-electron chi connectivity index (χ3n) is 5.17. The fourth-order valence-electron chi connectivity index (χ4n) is 3.59. The van der Waals surface area contributed by atoms with Crippen molar-refractivity contribution in [1.82, 2.24) is 10.6 Å². The molecule has 2 N–H and O–H groups in total. The lowest BCUT2D eigenvalue weighted by atomic mass is 9.96. The van der Waals surface area contributed by atoms with E-state index in [1.807, 2.05) is 60.0 Å². The Kier molecular flexibility index (Phi) is 6.44. The highest BCUT2D eigenvalue weighted by molar-refractivity contribution is 7.12. The highest BCUT2D eigenvalue weighted by atomic mass is 32.1. The van der Waals surface area contributed by atoms with Crippen molar-refractivity contribution in [2.75, 3.05) is 13.2 Å². The molecular formula is C24H24N2O3S. The van der Waals surface area contributed by atoms with Crippen molar-refractivity contribution in [3.63, 3.8) is 0 Å². The lowest BCUT2D eigenvalue weighted by molar-refractivity contribution is -0.123. The second kappa shape index (κ2) is 9.59. The third-order valence-corrected chi connectivity index (χ3v) is 6.04. The first-order valence-electron chi connectivity index (χ1n) is 10.1. The van der Waals surface area contributed by atoms with Crippen LogP contribution < -0.4 is 15.4 Å². The molecule has 3 aromatic rings. The number of nitrogens with one attached hydrogen (secondary N) is 2. The minimum absolute atomic E-state index is 0.178. The van der Waals surface area contributed by atoms with E-state index in [0.717, 1.165) is 23.3 Å². The normalized spacial score (nSPS) is 16.1. The maximum atomic E-state index is 13.0. The minimum Gasteiger partial charge on any atom is -0.493 e. The SMILES string of the molecule is O=C(NC(Cc1ccccc1)C(=O)NCC1COc2ccccc2C1)c1cccs1. The summed E-state index contributed by atoms with van der Waals surface area (Å²) in [6.07, 6.45) is 1.30. The number of benzene rings is 2. The molecule has 0 radical (unpaired) electrons. The van der Waals surface area contributed by atoms with E-state index < -0.39 is 6.04 Å². The monoisotopic (exact) mass is 420 g/mol. The van der Waals surface area contributed by atoms with Crippen molar-refractivity contribution in [2.45, 2.75) is 18.9 Å². The van der Waals surface area contributed by atoms with Crippen molar-refractivity contribution in [3.8, 4) is 5.75 Å². The first-order chi connectivity index (χ1) is 14.7. The van der Waals surface area contributed by atoms with Gasteiger partial charge in [0.1, 0.15) is 11.8 Å². The summed E-state index contributed by atoms with van der Waals surface area (Å²) >= 11 is 1.36. The number of ether oxygens (including phenoxy) is 1. The molecule has 2 heterocycles. The lowest BCUT2D eigenvalue weighted by Crippen LogP contribution is -2.49. The third kappa shape index (κ3) is 5.07. The summed E-state index contributed by atoms with van der Waals surface area (Å²) in [4.78, 5) is 26.1. The quantitative estimate of drug-likeness (QED) is 0.615. The van der Waals surface area contributed by atoms with E-state index in [0.29, 0.717) is 24.4 Å². The number of rotatable bonds is 7. The Morgan fingerprint density at radius 1 is 1.03 bits per heavy atom. The summed E-state index contributed by atoms with van der Waals surface area (Å²) in [7, 11) is 0. The predicted octanol–water partition coefficient (Wildman–Crippen LogP) is 3.46. The molecule has 0 spiro atoms. The molecule has 2 unspecified atom stereocenters. The van der Waals surface area contributed by atoms with Crippen LogP contribution in [0.1, 0.15) is 20.8 Å². The molecule has 0 saturated heterocycles. The van der Waals surface area contributed by atoms with Gasteiger partial charge in [-0.05, 0) is 35.1 Å². The summed E-state index contributed by atoms with van der Waals surface area (Å²) in [6.45, 7) is 1.08. The van der Waals surface area contributed by atoms with E-state index >= 15 is 0 Å². The van der Waals surface area contributed by atoms with Gasteiger partial charge in [0.15, 0.2) is 0 Å². The Morgan fingerprint density at radius 2 is 1.83 bits per heavy atom. The van der Waals surface area contributed by atoms with Crippen LogP contribution in [0.5, 0.6) is 5.75 Å². The van der Waals surface area contributed by atoms with Gasteiger partial charge >= 0.3 is 0 Å². The minimum atomic E-state index is -0.640. The molecule has 5 nitrogen and oxygen atoms in total. The lowest BCUT2D eigenvalue weighted by Gasteiger charge is -2.26. The Labute approximate surface area is 180 Å². The van der Waals surface area contributed by atoms with Crippen LogP contribution in [0.3, 0.4) is 0 Å². The Bertz CT molecular complexity index is 989. The fraction of sp³-hybridized carbons (Fsp3) is 0.250. The predicted molar refractivity (Wildman–Crippen MR) is 118 cm³/mol. The van der Waals surface area contributed by atoms with Gasteiger partial charge in [-0.1, -0.05) is 54.6 Å². The summed E-state index contributed by atoms with van der Waals surface area (Å²) < 4.78 is 5.82. The zero-order valence-corrected chi connectivity index (χ0v) is 17.4. The van der Waals surface area contributed by atoms with Gasteiger partial charge in [0.25, 0.3) is 5.91 Å². The van der Waals surface area contributed by atoms with Gasteiger partial charge in [0.05, 0.1) is 11.5 Å². The number of para-hydroxylation sites is 1. The molecule has 0 bridgehead atoms. The maximum absolute atomic E-state index is 13.0. The molecule has 0 aliphatic carbocycles. The van der Waals surface area contributed by atoms with Crippen LogP contribution in [0.25, 0.3) is 0 Å². The summed E-state index contributed by atoms with van der Waals surface area (Å²) in [5, 5.41) is 7.77. The number of carbonyl (C=O) groups excluding carboxylic acids is 2. The average Bonchev–Trinajstić information content (AvgIpc) is 3.33. The van der Waals surface area contributed by atoms with E-state index in [1.165, 1.54) is 11.3 Å². The summed E-state index contributed by atoms with van der Waals surface area (Å²) in [5.74, 6) is 0.720. The van der Waals surface area contributed by atoms with Gasteiger partial charge in [0.2, 0.25) is 5.91 Å². The first-order valence-corrected chi connectivity index (χ1v) is 10.9. The second-order valence-corrected chi connectivity index (χ2v) is 8.37. The van der Waals surface area contributed by atoms with Crippen LogP contribution in [0.2, 0.25) is 0 Å². The molecule has 2 amide bonds. The number of carbonyl (C=O) groups is 2. The van der Waals surface area contributed by atoms with Crippen LogP contribution in [0.15, 0.2) is 72.1 Å². The zero-order chi connectivity index (χ0) is 20.8. The molecule has 30 heavy (non-hydrogen) atoms. The smallest absolute Gasteiger partial charge is 0.262 e. The van der Waals surface area contributed by atoms with Crippen molar-refractivity contribution < 1.29 is 14.3 Å². The fourth-order valence-corrected chi connectivity index (χ4v) is 4.21. The molecule has 1 aromatic heterocycles. The zero-order valence-electron chi connectivity index (χ0n) is 16.5. The van der Waals surface area contributed by atoms with Crippen LogP contribution in [-0.2, 0) is 17.6 Å². The largest absolute Gasteiger partial charge is 0.493 e. The van der Waals surface area contributed by atoms with Gasteiger partial charge < -0.3 is 15.4 Å². The van der Waals surface area contributed by atoms with Crippen molar-refractivity contribution >= 4 is 23.2 Å². The van der Waals surface area contributed by atoms with Crippen LogP contribution in [0, 0.1) is 5.92 Å². The topological polar surface area (TPSA) is 67.4 Å². The van der Waals surface area contributed by atoms with Crippen LogP contribution in [0.4, 0.5) is 0 Å². The van der Waals surface area contributed by atoms with E-state index in [2.05, 4.69) is 16.7 Å². The molecule has 1 aliphatic heterocycles. The van der Waals surface area contributed by atoms with E-state index in [9.17, 15) is 9.59 Å². The van der Waals surface area contributed by atoms with Gasteiger partial charge in [-0.15, -0.1) is 11.3 Å². The number of thiophene rings is 1. The number of amides is 2. The van der Waals surface area contributed by atoms with E-state index in [-0.39, 0.29) is 17.7 Å². The number of hydrogen-bond donors (Lipinski definition) is 2. The number of hydrogen-bond acceptors (Lipinski definition) is 4. The van der Waals surface area contributed by atoms with E-state index in [1.54, 1.807) is 6.07 Å². The maximum Gasteiger partial charge on any atom is 0.262 e. The van der Waals surface area contributed by atoms with Gasteiger partial charge in [-0.3, -0.25) is 9.59 Å². The molecule has 0 fully saturated rings. The molecular weight excluding hydrogens is 396 g/mol. The standard InChI is InChI=1S/C24H24N2O3S/c27-23(25-15-18-13-19-9-4-5-10-21(19)29-16-18)20(14-17-7-2-1-3-8-17)26-24(28)22-11-6-12-30-22/h1-12,18,20H,13-16H2,(H,25,27)(H,26,28). The molecule has 0 saturated carbocycles. The molecule has 4 rings (SSSR count). The highest BCUT2D eigenvalue weighted by Crippen LogP contribution is 2.26. The molecule has 154 valence electrons. The average molecular weight is 421 g/mol. The molecule has 2 atom stereocenters. The van der Waals surface area contributed by atoms with Gasteiger partial charge in [0, 0.05) is 18.9 Å². The summed E-state index contributed by atoms with van der Waals surface area (Å²) in [5.41, 5.74) is 2.16. The van der Waals surface area contributed by atoms with Crippen molar-refractivity contribution in [3.05, 3.63) is 88.1 Å². The van der Waals surface area contributed by atoms with E-state index in [4.69, 9.17) is 4.74 Å². The van der Waals surface area contributed by atoms with Crippen LogP contribution >= 0.6 is 11.3 Å². The Morgan fingerprint density at radius 3 is 2.63 bits per heavy atom. The summed E-state index contributed by atoms with van der Waals surface area (Å²) in [6, 6.07) is 20.7. The Hall–Kier alpha value is -3.12. The number of fused-ring (bicyclic) bond motifs is 1. The van der Waals surface area contributed by atoms with Crippen LogP contribution in [-0.4, -0.2) is 31.0 Å². The second-order valence-electron chi connectivity index (χ2n) is 7.43. The molecule has 1 aliphatic rings. The molecule has 6 heteroatoms. The first kappa shape index (κ1) is 20.2.